The summed E-state index contributed by atoms with van der Waals surface area (Å²) in [6.45, 7) is 0.204. The highest BCUT2D eigenvalue weighted by Gasteiger charge is 2.36. The summed E-state index contributed by atoms with van der Waals surface area (Å²) >= 11 is 0. The highest BCUT2D eigenvalue weighted by atomic mass is 19.4. The number of hydrogen-bond acceptors (Lipinski definition) is 6. The Kier molecular flexibility index (Phi) is 4.58. The second-order valence-corrected chi connectivity index (χ2v) is 6.88. The van der Waals surface area contributed by atoms with Crippen molar-refractivity contribution in [1.82, 2.24) is 20.3 Å². The third kappa shape index (κ3) is 3.83. The van der Waals surface area contributed by atoms with Gasteiger partial charge in [-0.2, -0.15) is 13.2 Å². The Labute approximate surface area is 163 Å². The van der Waals surface area contributed by atoms with Gasteiger partial charge >= 0.3 is 6.18 Å². The van der Waals surface area contributed by atoms with Gasteiger partial charge in [0.25, 0.3) is 0 Å². The molecule has 1 saturated heterocycles. The van der Waals surface area contributed by atoms with Gasteiger partial charge in [0.05, 0.1) is 12.0 Å². The summed E-state index contributed by atoms with van der Waals surface area (Å²) in [6.07, 6.45) is 0.00826. The van der Waals surface area contributed by atoms with Crippen LogP contribution in [0.25, 0.3) is 22.2 Å². The van der Waals surface area contributed by atoms with Gasteiger partial charge in [0.2, 0.25) is 5.91 Å². The first-order valence-corrected chi connectivity index (χ1v) is 8.75. The molecule has 1 atom stereocenters. The highest BCUT2D eigenvalue weighted by Crippen LogP contribution is 2.33. The van der Waals surface area contributed by atoms with Crippen molar-refractivity contribution in [2.75, 3.05) is 18.4 Å². The molecule has 29 heavy (non-hydrogen) atoms. The van der Waals surface area contributed by atoms with Crippen molar-refractivity contribution in [3.63, 3.8) is 0 Å². The van der Waals surface area contributed by atoms with E-state index < -0.39 is 17.3 Å². The first-order valence-electron chi connectivity index (χ1n) is 8.75. The van der Waals surface area contributed by atoms with Crippen molar-refractivity contribution < 1.29 is 23.1 Å². The van der Waals surface area contributed by atoms with Crippen LogP contribution in [-0.4, -0.2) is 44.7 Å². The van der Waals surface area contributed by atoms with Crippen molar-refractivity contribution in [3.05, 3.63) is 48.4 Å². The molecule has 0 saturated carbocycles. The molecule has 3 N–H and O–H groups in total. The Morgan fingerprint density at radius 3 is 2.41 bits per heavy atom. The molecule has 4 rings (SSSR count). The molecule has 3 heterocycles. The first kappa shape index (κ1) is 19.1. The maximum Gasteiger partial charge on any atom is 0.416 e. The SMILES string of the molecule is O=C1CC(O)(CNc2ncc(-c3ccc(C(F)(F)F)cc3)c3nccnc23)CN1. The number of amides is 1. The largest absolute Gasteiger partial charge is 0.416 e. The molecule has 0 spiro atoms. The van der Waals surface area contributed by atoms with Crippen LogP contribution in [-0.2, 0) is 11.0 Å². The van der Waals surface area contributed by atoms with E-state index in [2.05, 4.69) is 25.6 Å². The smallest absolute Gasteiger partial charge is 0.386 e. The zero-order valence-corrected chi connectivity index (χ0v) is 15.0. The summed E-state index contributed by atoms with van der Waals surface area (Å²) in [5.41, 5.74) is -0.0612. The average molecular weight is 403 g/mol. The van der Waals surface area contributed by atoms with Crippen LogP contribution in [0.1, 0.15) is 12.0 Å². The molecule has 1 fully saturated rings. The zero-order chi connectivity index (χ0) is 20.6. The summed E-state index contributed by atoms with van der Waals surface area (Å²) in [7, 11) is 0. The van der Waals surface area contributed by atoms with Gasteiger partial charge in [-0.05, 0) is 17.7 Å². The quantitative estimate of drug-likeness (QED) is 0.619. The molecule has 3 aromatic rings. The predicted octanol–water partition coefficient (Wildman–Crippen LogP) is 2.37. The van der Waals surface area contributed by atoms with E-state index in [1.165, 1.54) is 30.7 Å². The lowest BCUT2D eigenvalue weighted by Gasteiger charge is -2.21. The van der Waals surface area contributed by atoms with Gasteiger partial charge in [-0.3, -0.25) is 9.78 Å². The fraction of sp³-hybridized carbons (Fsp3) is 0.263. The van der Waals surface area contributed by atoms with Crippen LogP contribution in [0.15, 0.2) is 42.9 Å². The molecule has 1 aromatic carbocycles. The third-order valence-corrected chi connectivity index (χ3v) is 4.71. The summed E-state index contributed by atoms with van der Waals surface area (Å²) in [6, 6.07) is 4.73. The number of nitrogens with zero attached hydrogens (tertiary/aromatic N) is 3. The van der Waals surface area contributed by atoms with Crippen LogP contribution in [0.3, 0.4) is 0 Å². The number of alkyl halides is 3. The molecular formula is C19H16F3N5O2. The van der Waals surface area contributed by atoms with Crippen LogP contribution in [0.2, 0.25) is 0 Å². The van der Waals surface area contributed by atoms with E-state index in [4.69, 9.17) is 0 Å². The molecule has 10 heteroatoms. The number of hydrogen-bond donors (Lipinski definition) is 3. The molecule has 0 bridgehead atoms. The Balaban J connectivity index is 1.66. The molecular weight excluding hydrogens is 387 g/mol. The number of β-amino-alcohol motifs (C(OH)–C–C–N with tert-alkyl or cyclic N) is 1. The zero-order valence-electron chi connectivity index (χ0n) is 15.0. The maximum absolute atomic E-state index is 12.8. The minimum atomic E-state index is -4.41. The third-order valence-electron chi connectivity index (χ3n) is 4.71. The number of benzene rings is 1. The van der Waals surface area contributed by atoms with E-state index in [0.717, 1.165) is 12.1 Å². The predicted molar refractivity (Wildman–Crippen MR) is 98.8 cm³/mol. The minimum absolute atomic E-state index is 0.0206. The van der Waals surface area contributed by atoms with Crippen molar-refractivity contribution in [2.45, 2.75) is 18.2 Å². The van der Waals surface area contributed by atoms with Crippen molar-refractivity contribution in [2.24, 2.45) is 0 Å². The van der Waals surface area contributed by atoms with E-state index >= 15 is 0 Å². The average Bonchev–Trinajstić information content (AvgIpc) is 3.04. The second-order valence-electron chi connectivity index (χ2n) is 6.88. The number of carbonyl (C=O) groups excluding carboxylic acids is 1. The Morgan fingerprint density at radius 1 is 1.10 bits per heavy atom. The van der Waals surface area contributed by atoms with E-state index in [0.29, 0.717) is 28.0 Å². The lowest BCUT2D eigenvalue weighted by molar-refractivity contribution is -0.137. The number of nitrogens with one attached hydrogen (secondary N) is 2. The van der Waals surface area contributed by atoms with Crippen LogP contribution < -0.4 is 10.6 Å². The molecule has 1 amide bonds. The topological polar surface area (TPSA) is 100 Å². The van der Waals surface area contributed by atoms with E-state index in [1.54, 1.807) is 0 Å². The lowest BCUT2D eigenvalue weighted by Crippen LogP contribution is -2.39. The number of halogens is 3. The highest BCUT2D eigenvalue weighted by molar-refractivity contribution is 5.96. The number of fused-ring (bicyclic) bond motifs is 1. The van der Waals surface area contributed by atoms with Crippen LogP contribution in [0, 0.1) is 0 Å². The number of carbonyl (C=O) groups is 1. The number of pyridine rings is 1. The number of anilines is 1. The van der Waals surface area contributed by atoms with Crippen LogP contribution >= 0.6 is 0 Å². The summed E-state index contributed by atoms with van der Waals surface area (Å²) in [5.74, 6) is 0.126. The summed E-state index contributed by atoms with van der Waals surface area (Å²) in [4.78, 5) is 24.3. The molecule has 1 aliphatic heterocycles. The lowest BCUT2D eigenvalue weighted by atomic mass is 10.0. The minimum Gasteiger partial charge on any atom is -0.386 e. The Hall–Kier alpha value is -3.27. The molecule has 1 unspecified atom stereocenters. The Bertz CT molecular complexity index is 1070. The van der Waals surface area contributed by atoms with E-state index in [1.807, 2.05) is 0 Å². The van der Waals surface area contributed by atoms with Gasteiger partial charge in [-0.1, -0.05) is 12.1 Å². The molecule has 1 aliphatic rings. The molecule has 150 valence electrons. The van der Waals surface area contributed by atoms with E-state index in [-0.39, 0.29) is 25.4 Å². The maximum atomic E-state index is 12.8. The van der Waals surface area contributed by atoms with Gasteiger partial charge < -0.3 is 15.7 Å². The molecule has 0 radical (unpaired) electrons. The van der Waals surface area contributed by atoms with Gasteiger partial charge in [-0.25, -0.2) is 9.97 Å². The summed E-state index contributed by atoms with van der Waals surface area (Å²) in [5, 5.41) is 16.0. The Morgan fingerprint density at radius 2 is 1.79 bits per heavy atom. The monoisotopic (exact) mass is 403 g/mol. The molecule has 7 nitrogen and oxygen atoms in total. The van der Waals surface area contributed by atoms with E-state index in [9.17, 15) is 23.1 Å². The normalized spacial score (nSPS) is 19.4. The van der Waals surface area contributed by atoms with Crippen LogP contribution in [0.5, 0.6) is 0 Å². The second kappa shape index (κ2) is 6.96. The van der Waals surface area contributed by atoms with Gasteiger partial charge in [-0.15, -0.1) is 0 Å². The number of aliphatic hydroxyl groups is 1. The van der Waals surface area contributed by atoms with Gasteiger partial charge in [0.15, 0.2) is 5.82 Å². The standard InChI is InChI=1S/C19H16F3N5O2/c20-19(21,22)12-3-1-11(2-4-12)13-8-25-17(16-15(13)23-5-6-24-16)27-10-18(29)7-14(28)26-9-18/h1-6,8,29H,7,9-10H2,(H,25,27)(H,26,28). The number of aromatic nitrogens is 3. The fourth-order valence-corrected chi connectivity index (χ4v) is 3.20. The first-order chi connectivity index (χ1) is 13.8. The molecule has 2 aromatic heterocycles. The van der Waals surface area contributed by atoms with Crippen molar-refractivity contribution >= 4 is 22.8 Å². The fourth-order valence-electron chi connectivity index (χ4n) is 3.20. The molecule has 0 aliphatic carbocycles. The van der Waals surface area contributed by atoms with Crippen molar-refractivity contribution in [1.29, 1.82) is 0 Å². The van der Waals surface area contributed by atoms with Gasteiger partial charge in [0.1, 0.15) is 16.6 Å². The summed E-state index contributed by atoms with van der Waals surface area (Å²) < 4.78 is 38.4. The number of rotatable bonds is 4. The van der Waals surface area contributed by atoms with Crippen molar-refractivity contribution in [3.8, 4) is 11.1 Å². The van der Waals surface area contributed by atoms with Gasteiger partial charge in [0, 0.05) is 37.2 Å². The van der Waals surface area contributed by atoms with Crippen LogP contribution in [0.4, 0.5) is 19.0 Å².